The average Bonchev–Trinajstić information content (AvgIpc) is 3.10. The van der Waals surface area contributed by atoms with Crippen LogP contribution in [0.1, 0.15) is 20.3 Å². The van der Waals surface area contributed by atoms with E-state index in [1.54, 1.807) is 86.4 Å². The first-order valence-corrected chi connectivity index (χ1v) is 11.1. The summed E-state index contributed by atoms with van der Waals surface area (Å²) < 4.78 is 21.9. The Balaban J connectivity index is 1.51. The molecular formula is C25H32N2O6. The summed E-state index contributed by atoms with van der Waals surface area (Å²) in [7, 11) is 3.20. The second-order valence-corrected chi connectivity index (χ2v) is 7.88. The largest absolute Gasteiger partial charge is 0.497 e. The topological polar surface area (TPSA) is 77.5 Å². The van der Waals surface area contributed by atoms with E-state index in [-0.39, 0.29) is 11.8 Å². The highest BCUT2D eigenvalue weighted by Crippen LogP contribution is 2.20. The lowest BCUT2D eigenvalue weighted by Crippen LogP contribution is -2.45. The fourth-order valence-corrected chi connectivity index (χ4v) is 3.69. The van der Waals surface area contributed by atoms with E-state index in [2.05, 4.69) is 0 Å². The molecule has 33 heavy (non-hydrogen) atoms. The van der Waals surface area contributed by atoms with Gasteiger partial charge in [-0.1, -0.05) is 0 Å². The summed E-state index contributed by atoms with van der Waals surface area (Å²) in [6.45, 7) is 5.54. The van der Waals surface area contributed by atoms with Crippen LogP contribution in [0.5, 0.6) is 23.0 Å². The Morgan fingerprint density at radius 1 is 0.636 bits per heavy atom. The minimum Gasteiger partial charge on any atom is -0.497 e. The normalized spacial score (nSPS) is 15.8. The first kappa shape index (κ1) is 24.2. The van der Waals surface area contributed by atoms with Gasteiger partial charge < -0.3 is 28.7 Å². The molecule has 0 saturated carbocycles. The number of carbonyl (C=O) groups is 2. The average molecular weight is 457 g/mol. The van der Waals surface area contributed by atoms with E-state index >= 15 is 0 Å². The van der Waals surface area contributed by atoms with Gasteiger partial charge in [-0.15, -0.1) is 0 Å². The molecule has 1 aliphatic heterocycles. The number of nitrogens with zero attached hydrogens (tertiary/aromatic N) is 2. The van der Waals surface area contributed by atoms with Crippen molar-refractivity contribution in [1.82, 2.24) is 9.80 Å². The molecule has 2 aromatic rings. The molecule has 0 radical (unpaired) electrons. The minimum absolute atomic E-state index is 0.0948. The van der Waals surface area contributed by atoms with E-state index in [1.807, 2.05) is 0 Å². The zero-order valence-corrected chi connectivity index (χ0v) is 19.7. The van der Waals surface area contributed by atoms with Crippen LogP contribution in [0.4, 0.5) is 0 Å². The van der Waals surface area contributed by atoms with Crippen LogP contribution >= 0.6 is 0 Å². The lowest BCUT2D eigenvalue weighted by Gasteiger charge is -2.26. The molecule has 178 valence electrons. The van der Waals surface area contributed by atoms with Gasteiger partial charge in [0, 0.05) is 26.2 Å². The van der Waals surface area contributed by atoms with Crippen LogP contribution < -0.4 is 18.9 Å². The van der Waals surface area contributed by atoms with Crippen molar-refractivity contribution in [3.63, 3.8) is 0 Å². The van der Waals surface area contributed by atoms with Gasteiger partial charge in [-0.2, -0.15) is 0 Å². The van der Waals surface area contributed by atoms with Crippen molar-refractivity contribution in [1.29, 1.82) is 0 Å². The molecule has 1 saturated heterocycles. The van der Waals surface area contributed by atoms with Crippen LogP contribution in [0.25, 0.3) is 0 Å². The molecule has 0 aromatic heterocycles. The second kappa shape index (κ2) is 11.4. The van der Waals surface area contributed by atoms with Crippen LogP contribution in [0, 0.1) is 0 Å². The van der Waals surface area contributed by atoms with E-state index in [4.69, 9.17) is 18.9 Å². The lowest BCUT2D eigenvalue weighted by molar-refractivity contribution is -0.140. The SMILES string of the molecule is COc1ccc(OC(C)C(=O)N2CCCN(C(=O)C(C)Oc3ccc(OC)cc3)CC2)cc1. The predicted molar refractivity (Wildman–Crippen MR) is 124 cm³/mol. The number of ether oxygens (including phenoxy) is 4. The molecule has 8 heteroatoms. The van der Waals surface area contributed by atoms with Crippen LogP contribution in [-0.2, 0) is 9.59 Å². The molecule has 1 aliphatic rings. The first-order valence-electron chi connectivity index (χ1n) is 11.1. The number of hydrogen-bond acceptors (Lipinski definition) is 6. The molecule has 0 bridgehead atoms. The van der Waals surface area contributed by atoms with E-state index in [1.165, 1.54) is 0 Å². The Hall–Kier alpha value is -3.42. The molecule has 2 aromatic carbocycles. The van der Waals surface area contributed by atoms with Gasteiger partial charge in [-0.05, 0) is 68.8 Å². The van der Waals surface area contributed by atoms with Crippen LogP contribution in [0.15, 0.2) is 48.5 Å². The Morgan fingerprint density at radius 3 is 1.30 bits per heavy atom. The second-order valence-electron chi connectivity index (χ2n) is 7.88. The maximum Gasteiger partial charge on any atom is 0.263 e. The summed E-state index contributed by atoms with van der Waals surface area (Å²) in [5.41, 5.74) is 0. The molecule has 0 aliphatic carbocycles. The molecule has 2 atom stereocenters. The lowest BCUT2D eigenvalue weighted by atomic mass is 10.3. The number of methoxy groups -OCH3 is 2. The number of hydrogen-bond donors (Lipinski definition) is 0. The van der Waals surface area contributed by atoms with Gasteiger partial charge in [0.15, 0.2) is 12.2 Å². The van der Waals surface area contributed by atoms with E-state index < -0.39 is 12.2 Å². The fourth-order valence-electron chi connectivity index (χ4n) is 3.69. The summed E-state index contributed by atoms with van der Waals surface area (Å²) in [4.78, 5) is 29.4. The highest BCUT2D eigenvalue weighted by atomic mass is 16.5. The molecule has 0 spiro atoms. The van der Waals surface area contributed by atoms with Crippen molar-refractivity contribution in [3.8, 4) is 23.0 Å². The first-order chi connectivity index (χ1) is 15.9. The van der Waals surface area contributed by atoms with E-state index in [0.717, 1.165) is 11.5 Å². The molecule has 0 N–H and O–H groups in total. The van der Waals surface area contributed by atoms with Crippen LogP contribution in [0.3, 0.4) is 0 Å². The summed E-state index contributed by atoms with van der Waals surface area (Å²) in [5, 5.41) is 0. The summed E-state index contributed by atoms with van der Waals surface area (Å²) >= 11 is 0. The predicted octanol–water partition coefficient (Wildman–Crippen LogP) is 3.00. The summed E-state index contributed by atoms with van der Waals surface area (Å²) in [6, 6.07) is 14.2. The third kappa shape index (κ3) is 6.54. The fraction of sp³-hybridized carbons (Fsp3) is 0.440. The quantitative estimate of drug-likeness (QED) is 0.608. The minimum atomic E-state index is -0.627. The smallest absolute Gasteiger partial charge is 0.263 e. The van der Waals surface area contributed by atoms with Crippen molar-refractivity contribution >= 4 is 11.8 Å². The van der Waals surface area contributed by atoms with Gasteiger partial charge in [0.2, 0.25) is 0 Å². The van der Waals surface area contributed by atoms with Crippen molar-refractivity contribution in [2.45, 2.75) is 32.5 Å². The third-order valence-electron chi connectivity index (χ3n) is 5.56. The van der Waals surface area contributed by atoms with Crippen LogP contribution in [-0.4, -0.2) is 74.2 Å². The van der Waals surface area contributed by atoms with Crippen LogP contribution in [0.2, 0.25) is 0 Å². The third-order valence-corrected chi connectivity index (χ3v) is 5.56. The zero-order chi connectivity index (χ0) is 23.8. The molecule has 2 unspecified atom stereocenters. The van der Waals surface area contributed by atoms with Crippen molar-refractivity contribution in [2.75, 3.05) is 40.4 Å². The summed E-state index contributed by atoms with van der Waals surface area (Å²) in [6.07, 6.45) is -0.557. The molecular weight excluding hydrogens is 424 g/mol. The Bertz CT molecular complexity index is 840. The Labute approximate surface area is 195 Å². The van der Waals surface area contributed by atoms with Gasteiger partial charge in [0.05, 0.1) is 14.2 Å². The van der Waals surface area contributed by atoms with Gasteiger partial charge in [0.1, 0.15) is 23.0 Å². The van der Waals surface area contributed by atoms with Crippen molar-refractivity contribution < 1.29 is 28.5 Å². The van der Waals surface area contributed by atoms with Crippen molar-refractivity contribution in [3.05, 3.63) is 48.5 Å². The molecule has 8 nitrogen and oxygen atoms in total. The molecule has 3 rings (SSSR count). The van der Waals surface area contributed by atoms with E-state index in [9.17, 15) is 9.59 Å². The standard InChI is InChI=1S/C25H32N2O6/c1-18(32-22-10-6-20(30-3)7-11-22)24(28)26-14-5-15-27(17-16-26)25(29)19(2)33-23-12-8-21(31-4)9-13-23/h6-13,18-19H,5,14-17H2,1-4H3. The number of carbonyl (C=O) groups excluding carboxylic acids is 2. The summed E-state index contributed by atoms with van der Waals surface area (Å²) in [5.74, 6) is 2.47. The number of rotatable bonds is 8. The zero-order valence-electron chi connectivity index (χ0n) is 19.7. The van der Waals surface area contributed by atoms with E-state index in [0.29, 0.717) is 44.1 Å². The highest BCUT2D eigenvalue weighted by molar-refractivity contribution is 5.82. The molecule has 1 heterocycles. The van der Waals surface area contributed by atoms with Gasteiger partial charge in [0.25, 0.3) is 11.8 Å². The van der Waals surface area contributed by atoms with Gasteiger partial charge in [-0.3, -0.25) is 9.59 Å². The molecule has 2 amide bonds. The number of amides is 2. The Kier molecular flexibility index (Phi) is 8.40. The maximum absolute atomic E-state index is 12.9. The van der Waals surface area contributed by atoms with Crippen molar-refractivity contribution in [2.24, 2.45) is 0 Å². The Morgan fingerprint density at radius 2 is 0.970 bits per heavy atom. The maximum atomic E-state index is 12.9. The highest BCUT2D eigenvalue weighted by Gasteiger charge is 2.28. The van der Waals surface area contributed by atoms with Gasteiger partial charge >= 0.3 is 0 Å². The van der Waals surface area contributed by atoms with Gasteiger partial charge in [-0.25, -0.2) is 0 Å². The monoisotopic (exact) mass is 456 g/mol. The molecule has 1 fully saturated rings. The number of benzene rings is 2.